The summed E-state index contributed by atoms with van der Waals surface area (Å²) in [6, 6.07) is 6.56. The van der Waals surface area contributed by atoms with Crippen LogP contribution in [-0.4, -0.2) is 30.1 Å². The predicted molar refractivity (Wildman–Crippen MR) is 106 cm³/mol. The number of carbonyl (C=O) groups is 1. The monoisotopic (exact) mass is 445 g/mol. The summed E-state index contributed by atoms with van der Waals surface area (Å²) in [5, 5.41) is 0.574. The Bertz CT molecular complexity index is 1010. The molecule has 0 radical (unpaired) electrons. The van der Waals surface area contributed by atoms with Crippen LogP contribution in [0.4, 0.5) is 11.7 Å². The number of carbonyl (C=O) groups excluding carboxylic acids is 1. The Kier molecular flexibility index (Phi) is 5.81. The van der Waals surface area contributed by atoms with Crippen LogP contribution in [0.25, 0.3) is 11.4 Å². The number of hydrogen-bond acceptors (Lipinski definition) is 6. The molecule has 1 aromatic carbocycles. The van der Waals surface area contributed by atoms with Gasteiger partial charge in [0.1, 0.15) is 5.02 Å². The molecule has 2 heterocycles. The first-order valence-electron chi connectivity index (χ1n) is 7.42. The van der Waals surface area contributed by atoms with Gasteiger partial charge < -0.3 is 9.15 Å². The van der Waals surface area contributed by atoms with Crippen LogP contribution in [0, 0.1) is 0 Å². The maximum Gasteiger partial charge on any atom is 0.358 e. The Morgan fingerprint density at radius 1 is 1.07 bits per heavy atom. The van der Waals surface area contributed by atoms with E-state index >= 15 is 0 Å². The number of halogens is 4. The highest BCUT2D eigenvalue weighted by Gasteiger charge is 2.25. The van der Waals surface area contributed by atoms with E-state index in [4.69, 9.17) is 55.6 Å². The normalized spacial score (nSPS) is 10.7. The second kappa shape index (κ2) is 7.94. The summed E-state index contributed by atoms with van der Waals surface area (Å²) in [5.41, 5.74) is 0.252. The minimum atomic E-state index is -0.728. The van der Waals surface area contributed by atoms with Crippen LogP contribution in [0.1, 0.15) is 10.5 Å². The number of hydrogen-bond donors (Lipinski definition) is 0. The second-order valence-corrected chi connectivity index (χ2v) is 6.80. The van der Waals surface area contributed by atoms with Crippen molar-refractivity contribution in [2.24, 2.45) is 0 Å². The topological polar surface area (TPSA) is 68.5 Å². The largest absolute Gasteiger partial charge is 0.464 e. The van der Waals surface area contributed by atoms with E-state index in [1.807, 2.05) is 0 Å². The molecule has 0 atom stereocenters. The Balaban J connectivity index is 2.25. The molecule has 0 aliphatic heterocycles. The van der Waals surface area contributed by atoms with E-state index in [0.29, 0.717) is 11.4 Å². The summed E-state index contributed by atoms with van der Waals surface area (Å²) in [6.45, 7) is 0. The van der Waals surface area contributed by atoms with E-state index in [1.165, 1.54) is 13.4 Å². The van der Waals surface area contributed by atoms with Crippen LogP contribution in [-0.2, 0) is 4.74 Å². The first-order chi connectivity index (χ1) is 12.8. The Labute approximate surface area is 174 Å². The van der Waals surface area contributed by atoms with Gasteiger partial charge in [-0.2, -0.15) is 0 Å². The van der Waals surface area contributed by atoms with E-state index in [9.17, 15) is 4.79 Å². The molecule has 0 unspecified atom stereocenters. The SMILES string of the molecule is COC(=O)c1nc(-c2ccc(Cl)c(Cl)c2Cl)nc(N(C)c2ccco2)c1Cl. The van der Waals surface area contributed by atoms with Crippen molar-refractivity contribution in [2.75, 3.05) is 19.1 Å². The smallest absolute Gasteiger partial charge is 0.358 e. The summed E-state index contributed by atoms with van der Waals surface area (Å²) < 4.78 is 10.1. The van der Waals surface area contributed by atoms with E-state index in [0.717, 1.165) is 0 Å². The number of methoxy groups -OCH3 is 1. The van der Waals surface area contributed by atoms with Crippen LogP contribution in [0.15, 0.2) is 34.9 Å². The molecule has 0 N–H and O–H groups in total. The van der Waals surface area contributed by atoms with Gasteiger partial charge in [0.25, 0.3) is 0 Å². The summed E-state index contributed by atoms with van der Waals surface area (Å²) in [5.74, 6) is 0.0717. The zero-order valence-corrected chi connectivity index (χ0v) is 17.0. The zero-order valence-electron chi connectivity index (χ0n) is 14.0. The Morgan fingerprint density at radius 3 is 2.44 bits per heavy atom. The number of furan rings is 1. The second-order valence-electron chi connectivity index (χ2n) is 5.26. The van der Waals surface area contributed by atoms with Gasteiger partial charge in [0.05, 0.1) is 28.4 Å². The minimum Gasteiger partial charge on any atom is -0.464 e. The average molecular weight is 447 g/mol. The van der Waals surface area contributed by atoms with Gasteiger partial charge in [-0.15, -0.1) is 0 Å². The summed E-state index contributed by atoms with van der Waals surface area (Å²) in [7, 11) is 2.90. The first-order valence-corrected chi connectivity index (χ1v) is 8.93. The van der Waals surface area contributed by atoms with Crippen molar-refractivity contribution in [1.29, 1.82) is 0 Å². The highest BCUT2D eigenvalue weighted by atomic mass is 35.5. The van der Waals surface area contributed by atoms with Gasteiger partial charge in [0.15, 0.2) is 17.3 Å². The van der Waals surface area contributed by atoms with Crippen LogP contribution in [0.5, 0.6) is 0 Å². The Hall–Kier alpha value is -1.99. The van der Waals surface area contributed by atoms with E-state index in [-0.39, 0.29) is 37.4 Å². The molecule has 27 heavy (non-hydrogen) atoms. The van der Waals surface area contributed by atoms with E-state index in [1.54, 1.807) is 36.2 Å². The molecule has 3 rings (SSSR count). The van der Waals surface area contributed by atoms with E-state index < -0.39 is 5.97 Å². The molecule has 0 aliphatic carbocycles. The van der Waals surface area contributed by atoms with Crippen molar-refractivity contribution in [1.82, 2.24) is 9.97 Å². The van der Waals surface area contributed by atoms with Gasteiger partial charge in [-0.25, -0.2) is 14.8 Å². The van der Waals surface area contributed by atoms with Crippen molar-refractivity contribution in [2.45, 2.75) is 0 Å². The van der Waals surface area contributed by atoms with Crippen molar-refractivity contribution in [3.05, 3.63) is 56.3 Å². The lowest BCUT2D eigenvalue weighted by Gasteiger charge is -2.19. The van der Waals surface area contributed by atoms with Crippen LogP contribution in [0.3, 0.4) is 0 Å². The molecule has 0 spiro atoms. The number of anilines is 2. The third-order valence-electron chi connectivity index (χ3n) is 3.64. The van der Waals surface area contributed by atoms with Crippen LogP contribution in [0.2, 0.25) is 20.1 Å². The number of rotatable bonds is 4. The third kappa shape index (κ3) is 3.71. The Morgan fingerprint density at radius 2 is 1.81 bits per heavy atom. The molecule has 10 heteroatoms. The number of benzene rings is 1. The van der Waals surface area contributed by atoms with Gasteiger partial charge in [-0.05, 0) is 18.2 Å². The average Bonchev–Trinajstić information content (AvgIpc) is 3.20. The van der Waals surface area contributed by atoms with Crippen molar-refractivity contribution < 1.29 is 13.9 Å². The fourth-order valence-corrected chi connectivity index (χ4v) is 3.18. The molecule has 6 nitrogen and oxygen atoms in total. The molecule has 0 bridgehead atoms. The van der Waals surface area contributed by atoms with Gasteiger partial charge in [-0.1, -0.05) is 46.4 Å². The molecule has 3 aromatic rings. The minimum absolute atomic E-state index is 0.000632. The quantitative estimate of drug-likeness (QED) is 0.366. The van der Waals surface area contributed by atoms with Crippen LogP contribution >= 0.6 is 46.4 Å². The molecule has 0 saturated heterocycles. The molecular formula is C17H11Cl4N3O3. The maximum absolute atomic E-state index is 12.2. The lowest BCUT2D eigenvalue weighted by Crippen LogP contribution is -2.16. The van der Waals surface area contributed by atoms with Crippen LogP contribution < -0.4 is 4.90 Å². The summed E-state index contributed by atoms with van der Waals surface area (Å²) >= 11 is 24.7. The highest BCUT2D eigenvalue weighted by molar-refractivity contribution is 6.49. The zero-order chi connectivity index (χ0) is 19.7. The maximum atomic E-state index is 12.2. The van der Waals surface area contributed by atoms with Crippen molar-refractivity contribution in [3.8, 4) is 11.4 Å². The molecule has 0 saturated carbocycles. The molecule has 0 fully saturated rings. The predicted octanol–water partition coefficient (Wildman–Crippen LogP) is 5.90. The first kappa shape index (κ1) is 19.8. The van der Waals surface area contributed by atoms with Gasteiger partial charge in [0, 0.05) is 18.7 Å². The van der Waals surface area contributed by atoms with Crippen molar-refractivity contribution in [3.63, 3.8) is 0 Å². The molecule has 0 amide bonds. The lowest BCUT2D eigenvalue weighted by atomic mass is 10.2. The number of aromatic nitrogens is 2. The fourth-order valence-electron chi connectivity index (χ4n) is 2.27. The summed E-state index contributed by atoms with van der Waals surface area (Å²) in [6.07, 6.45) is 1.50. The molecule has 2 aromatic heterocycles. The van der Waals surface area contributed by atoms with Gasteiger partial charge in [0.2, 0.25) is 5.88 Å². The number of nitrogens with zero attached hydrogens (tertiary/aromatic N) is 3. The van der Waals surface area contributed by atoms with E-state index in [2.05, 4.69) is 9.97 Å². The fraction of sp³-hybridized carbons (Fsp3) is 0.118. The highest BCUT2D eigenvalue weighted by Crippen LogP contribution is 2.39. The molecule has 0 aliphatic rings. The summed E-state index contributed by atoms with van der Waals surface area (Å²) in [4.78, 5) is 22.4. The molecular weight excluding hydrogens is 436 g/mol. The standard InChI is InChI=1S/C17H11Cl4N3O3/c1-24(10-4-3-7-27-10)16-13(21)14(17(25)26-2)22-15(23-16)8-5-6-9(18)12(20)11(8)19/h3-7H,1-2H3. The third-order valence-corrected chi connectivity index (χ3v) is 5.28. The number of esters is 1. The molecule has 140 valence electrons. The van der Waals surface area contributed by atoms with Gasteiger partial charge >= 0.3 is 5.97 Å². The lowest BCUT2D eigenvalue weighted by molar-refractivity contribution is 0.0594. The van der Waals surface area contributed by atoms with Crippen molar-refractivity contribution >= 4 is 64.1 Å². The number of ether oxygens (including phenoxy) is 1. The van der Waals surface area contributed by atoms with Gasteiger partial charge in [-0.3, -0.25) is 4.90 Å².